The Hall–Kier alpha value is -3.86. The summed E-state index contributed by atoms with van der Waals surface area (Å²) in [5, 5.41) is 23.8. The molecule has 1 amide bonds. The third-order valence-corrected chi connectivity index (χ3v) is 11.4. The Kier molecular flexibility index (Phi) is 9.28. The summed E-state index contributed by atoms with van der Waals surface area (Å²) >= 11 is 0. The Morgan fingerprint density at radius 3 is 2.43 bits per heavy atom. The van der Waals surface area contributed by atoms with Crippen LogP contribution in [0, 0.1) is 28.6 Å². The molecule has 0 spiro atoms. The highest BCUT2D eigenvalue weighted by molar-refractivity contribution is 5.95. The molecule has 0 bridgehead atoms. The zero-order chi connectivity index (χ0) is 33.4. The van der Waals surface area contributed by atoms with E-state index in [-0.39, 0.29) is 72.6 Å². The van der Waals surface area contributed by atoms with Crippen molar-refractivity contribution in [2.45, 2.75) is 89.7 Å². The fourth-order valence-corrected chi connectivity index (χ4v) is 8.87. The van der Waals surface area contributed by atoms with Crippen LogP contribution in [0.25, 0.3) is 0 Å². The van der Waals surface area contributed by atoms with Gasteiger partial charge in [-0.15, -0.1) is 0 Å². The van der Waals surface area contributed by atoms with Gasteiger partial charge in [0.1, 0.15) is 23.2 Å². The first-order valence-electron chi connectivity index (χ1n) is 16.0. The number of allylic oxidation sites excluding steroid dienone is 1. The van der Waals surface area contributed by atoms with E-state index >= 15 is 0 Å². The van der Waals surface area contributed by atoms with E-state index in [1.165, 1.54) is 19.2 Å². The molecule has 1 aromatic rings. The molecule has 0 aliphatic heterocycles. The number of carbonyl (C=O) groups is 6. The van der Waals surface area contributed by atoms with Gasteiger partial charge in [0.2, 0.25) is 11.7 Å². The molecule has 11 heteroatoms. The Labute approximate surface area is 268 Å². The lowest BCUT2D eigenvalue weighted by Crippen LogP contribution is -2.61. The Morgan fingerprint density at radius 2 is 1.74 bits per heavy atom. The summed E-state index contributed by atoms with van der Waals surface area (Å²) in [7, 11) is 1.19. The molecule has 248 valence electrons. The smallest absolute Gasteiger partial charge is 0.328 e. The van der Waals surface area contributed by atoms with Gasteiger partial charge in [-0.3, -0.25) is 24.0 Å². The average molecular weight is 638 g/mol. The Morgan fingerprint density at radius 1 is 1.02 bits per heavy atom. The van der Waals surface area contributed by atoms with Crippen molar-refractivity contribution >= 4 is 35.2 Å². The van der Waals surface area contributed by atoms with Crippen molar-refractivity contribution in [1.29, 1.82) is 0 Å². The van der Waals surface area contributed by atoms with E-state index in [0.29, 0.717) is 24.8 Å². The van der Waals surface area contributed by atoms with Crippen molar-refractivity contribution in [3.8, 4) is 5.75 Å². The molecule has 0 heterocycles. The van der Waals surface area contributed by atoms with Gasteiger partial charge in [0.15, 0.2) is 12.4 Å². The number of phenols is 1. The van der Waals surface area contributed by atoms with Gasteiger partial charge in [-0.05, 0) is 73.1 Å². The monoisotopic (exact) mass is 637 g/mol. The largest absolute Gasteiger partial charge is 0.508 e. The molecule has 0 unspecified atom stereocenters. The number of hydrogen-bond donors (Lipinski definition) is 3. The van der Waals surface area contributed by atoms with E-state index in [2.05, 4.69) is 12.2 Å². The number of methoxy groups -OCH3 is 1. The van der Waals surface area contributed by atoms with E-state index in [4.69, 9.17) is 9.47 Å². The molecule has 5 rings (SSSR count). The minimum Gasteiger partial charge on any atom is -0.508 e. The summed E-state index contributed by atoms with van der Waals surface area (Å²) in [6, 6.07) is 5.11. The number of aromatic hydroxyl groups is 1. The van der Waals surface area contributed by atoms with Crippen LogP contribution in [-0.2, 0) is 44.7 Å². The maximum absolute atomic E-state index is 13.8. The SMILES string of the molecule is COC(=O)[C@H](Cc1ccc(O)cc1)NC(=O)CCC(=O)OCC(=O)[C@@]1(O)CC[C@@H]2[C@H]3CCC4=CC(=O)CC[C@]4(C)[C@H]3C(=O)C[C@@]21C. The van der Waals surface area contributed by atoms with Crippen molar-refractivity contribution in [3.05, 3.63) is 41.5 Å². The molecule has 3 fully saturated rings. The second-order valence-corrected chi connectivity index (χ2v) is 13.9. The van der Waals surface area contributed by atoms with Gasteiger partial charge in [0.05, 0.1) is 13.5 Å². The number of esters is 2. The highest BCUT2D eigenvalue weighted by Crippen LogP contribution is 2.66. The molecule has 1 aromatic carbocycles. The number of fused-ring (bicyclic) bond motifs is 5. The predicted octanol–water partition coefficient (Wildman–Crippen LogP) is 2.93. The first-order valence-corrected chi connectivity index (χ1v) is 16.0. The quantitative estimate of drug-likeness (QED) is 0.324. The Bertz CT molecular complexity index is 1470. The number of phenolic OH excluding ortho intramolecular Hbond substituents is 1. The van der Waals surface area contributed by atoms with Crippen LogP contribution in [0.3, 0.4) is 0 Å². The number of carbonyl (C=O) groups excluding carboxylic acids is 6. The zero-order valence-electron chi connectivity index (χ0n) is 26.6. The van der Waals surface area contributed by atoms with Gasteiger partial charge in [-0.1, -0.05) is 31.6 Å². The first-order chi connectivity index (χ1) is 21.7. The average Bonchev–Trinajstić information content (AvgIpc) is 3.29. The number of amides is 1. The van der Waals surface area contributed by atoms with Crippen LogP contribution in [0.15, 0.2) is 35.9 Å². The summed E-state index contributed by atoms with van der Waals surface area (Å²) in [4.78, 5) is 76.7. The van der Waals surface area contributed by atoms with E-state index in [9.17, 15) is 39.0 Å². The van der Waals surface area contributed by atoms with E-state index in [0.717, 1.165) is 18.4 Å². The van der Waals surface area contributed by atoms with Crippen molar-refractivity contribution < 1.29 is 48.5 Å². The summed E-state index contributed by atoms with van der Waals surface area (Å²) < 4.78 is 9.98. The summed E-state index contributed by atoms with van der Waals surface area (Å²) in [6.45, 7) is 3.21. The highest BCUT2D eigenvalue weighted by atomic mass is 16.5. The molecule has 4 aliphatic carbocycles. The molecule has 3 saturated carbocycles. The fraction of sp³-hybridized carbons (Fsp3) is 0.600. The van der Waals surface area contributed by atoms with E-state index < -0.39 is 47.3 Å². The minimum absolute atomic E-state index is 0.00709. The molecule has 0 aromatic heterocycles. The van der Waals surface area contributed by atoms with Crippen LogP contribution in [0.5, 0.6) is 5.75 Å². The van der Waals surface area contributed by atoms with Crippen molar-refractivity contribution in [1.82, 2.24) is 5.32 Å². The zero-order valence-corrected chi connectivity index (χ0v) is 26.6. The summed E-state index contributed by atoms with van der Waals surface area (Å²) in [5.74, 6) is -2.90. The van der Waals surface area contributed by atoms with Gasteiger partial charge < -0.3 is 25.0 Å². The number of aliphatic hydroxyl groups is 1. The number of benzene rings is 1. The normalized spacial score (nSPS) is 32.3. The maximum Gasteiger partial charge on any atom is 0.328 e. The lowest BCUT2D eigenvalue weighted by molar-refractivity contribution is -0.173. The molecule has 11 nitrogen and oxygen atoms in total. The van der Waals surface area contributed by atoms with Crippen LogP contribution in [-0.4, -0.2) is 70.8 Å². The molecule has 4 aliphatic rings. The second-order valence-electron chi connectivity index (χ2n) is 13.9. The number of nitrogens with one attached hydrogen (secondary N) is 1. The standard InChI is InChI=1S/C35H43NO10/c1-33-14-12-23(38)17-21(33)6-9-24-25-13-15-35(44,34(25,2)18-27(39)31(24)33)28(40)19-46-30(42)11-10-29(41)36-26(32(43)45-3)16-20-4-7-22(37)8-5-20/h4-5,7-8,17,24-26,31,37,44H,6,9-16,18-19H2,1-3H3,(H,36,41)/t24-,25-,26+,31-,33+,34+,35+/m1/s1. The van der Waals surface area contributed by atoms with E-state index in [1.54, 1.807) is 25.1 Å². The molecular formula is C35H43NO10. The van der Waals surface area contributed by atoms with Crippen LogP contribution in [0.2, 0.25) is 0 Å². The van der Waals surface area contributed by atoms with Gasteiger partial charge in [0.25, 0.3) is 0 Å². The van der Waals surface area contributed by atoms with Crippen LogP contribution in [0.4, 0.5) is 0 Å². The highest BCUT2D eigenvalue weighted by Gasteiger charge is 2.68. The predicted molar refractivity (Wildman–Crippen MR) is 163 cm³/mol. The van der Waals surface area contributed by atoms with Crippen molar-refractivity contribution in [2.24, 2.45) is 28.6 Å². The Balaban J connectivity index is 1.16. The lowest BCUT2D eigenvalue weighted by atomic mass is 9.46. The van der Waals surface area contributed by atoms with Crippen LogP contribution >= 0.6 is 0 Å². The van der Waals surface area contributed by atoms with Gasteiger partial charge >= 0.3 is 11.9 Å². The molecule has 46 heavy (non-hydrogen) atoms. The molecule has 0 radical (unpaired) electrons. The molecule has 7 atom stereocenters. The summed E-state index contributed by atoms with van der Waals surface area (Å²) in [6.07, 6.45) is 4.43. The summed E-state index contributed by atoms with van der Waals surface area (Å²) in [5.41, 5.74) is -1.50. The fourth-order valence-electron chi connectivity index (χ4n) is 8.87. The van der Waals surface area contributed by atoms with Crippen LogP contribution in [0.1, 0.15) is 77.2 Å². The third kappa shape index (κ3) is 6.01. The minimum atomic E-state index is -1.84. The third-order valence-electron chi connectivity index (χ3n) is 11.4. The van der Waals surface area contributed by atoms with Crippen LogP contribution < -0.4 is 5.32 Å². The van der Waals surface area contributed by atoms with Crippen molar-refractivity contribution in [2.75, 3.05) is 13.7 Å². The van der Waals surface area contributed by atoms with Gasteiger partial charge in [-0.2, -0.15) is 0 Å². The van der Waals surface area contributed by atoms with Crippen molar-refractivity contribution in [3.63, 3.8) is 0 Å². The van der Waals surface area contributed by atoms with Gasteiger partial charge in [-0.25, -0.2) is 4.79 Å². The molecule has 3 N–H and O–H groups in total. The molecular weight excluding hydrogens is 594 g/mol. The second kappa shape index (κ2) is 12.7. The number of ether oxygens (including phenoxy) is 2. The number of ketones is 3. The number of Topliss-reactive ketones (excluding diaryl/α,β-unsaturated/α-hetero) is 2. The molecule has 0 saturated heterocycles. The van der Waals surface area contributed by atoms with Gasteiger partial charge in [0, 0.05) is 37.0 Å². The number of rotatable bonds is 10. The topological polar surface area (TPSA) is 173 Å². The maximum atomic E-state index is 13.8. The number of hydrogen-bond acceptors (Lipinski definition) is 10. The lowest BCUT2D eigenvalue weighted by Gasteiger charge is -2.57. The van der Waals surface area contributed by atoms with E-state index in [1.807, 2.05) is 0 Å². The first kappa shape index (κ1) is 33.5.